The van der Waals surface area contributed by atoms with Crippen LogP contribution in [0.5, 0.6) is 0 Å². The molecule has 0 aliphatic heterocycles. The summed E-state index contributed by atoms with van der Waals surface area (Å²) in [6.45, 7) is 0. The van der Waals surface area contributed by atoms with Crippen LogP contribution in [0.2, 0.25) is 5.15 Å². The van der Waals surface area contributed by atoms with Crippen LogP contribution in [-0.2, 0) is 0 Å². The van der Waals surface area contributed by atoms with Crippen LogP contribution in [-0.4, -0.2) is 9.66 Å². The second-order valence-electron chi connectivity index (χ2n) is 2.18. The van der Waals surface area contributed by atoms with Gasteiger partial charge in [0.05, 0.1) is 0 Å². The summed E-state index contributed by atoms with van der Waals surface area (Å²) in [7, 11) is 0. The Labute approximate surface area is 78.6 Å². The predicted molar refractivity (Wildman–Crippen MR) is 50.6 cm³/mol. The molecule has 2 aromatic rings. The third-order valence-electron chi connectivity index (χ3n) is 1.31. The SMILES string of the molecule is Clc1csc(Nn2cccc2)n1. The smallest absolute Gasteiger partial charge is 0.203 e. The summed E-state index contributed by atoms with van der Waals surface area (Å²) in [5.41, 5.74) is 3.04. The number of rotatable bonds is 2. The van der Waals surface area contributed by atoms with Gasteiger partial charge in [-0.3, -0.25) is 10.1 Å². The highest BCUT2D eigenvalue weighted by atomic mass is 35.5. The lowest BCUT2D eigenvalue weighted by atomic mass is 10.7. The Morgan fingerprint density at radius 2 is 2.17 bits per heavy atom. The molecule has 0 spiro atoms. The average Bonchev–Trinajstić information content (AvgIpc) is 2.63. The standard InChI is InChI=1S/C7H6ClN3S/c8-6-5-12-7(9-6)10-11-3-1-2-4-11/h1-5H,(H,9,10). The van der Waals surface area contributed by atoms with Gasteiger partial charge in [-0.2, -0.15) is 0 Å². The highest BCUT2D eigenvalue weighted by molar-refractivity contribution is 7.14. The monoisotopic (exact) mass is 199 g/mol. The zero-order valence-corrected chi connectivity index (χ0v) is 7.64. The number of nitrogens with zero attached hydrogens (tertiary/aromatic N) is 2. The first-order chi connectivity index (χ1) is 5.84. The van der Waals surface area contributed by atoms with Gasteiger partial charge in [0.25, 0.3) is 0 Å². The lowest BCUT2D eigenvalue weighted by molar-refractivity contribution is 0.965. The van der Waals surface area contributed by atoms with Gasteiger partial charge in [-0.15, -0.1) is 11.3 Å². The number of thiazole rings is 1. The fourth-order valence-corrected chi connectivity index (χ4v) is 1.66. The van der Waals surface area contributed by atoms with Gasteiger partial charge in [0.1, 0.15) is 5.15 Å². The number of anilines is 1. The number of aromatic nitrogens is 2. The Balaban J connectivity index is 2.14. The molecule has 1 N–H and O–H groups in total. The summed E-state index contributed by atoms with van der Waals surface area (Å²) >= 11 is 7.12. The topological polar surface area (TPSA) is 29.9 Å². The molecule has 0 bridgehead atoms. The Morgan fingerprint density at radius 1 is 1.42 bits per heavy atom. The molecule has 2 aromatic heterocycles. The van der Waals surface area contributed by atoms with E-state index in [0.29, 0.717) is 5.15 Å². The molecule has 3 nitrogen and oxygen atoms in total. The van der Waals surface area contributed by atoms with Gasteiger partial charge in [0.15, 0.2) is 0 Å². The highest BCUT2D eigenvalue weighted by Gasteiger charge is 1.97. The molecule has 5 heteroatoms. The fourth-order valence-electron chi connectivity index (χ4n) is 0.825. The third-order valence-corrected chi connectivity index (χ3v) is 2.38. The molecule has 62 valence electrons. The van der Waals surface area contributed by atoms with Crippen LogP contribution in [0.25, 0.3) is 0 Å². The molecule has 0 fully saturated rings. The Bertz CT molecular complexity index is 354. The summed E-state index contributed by atoms with van der Waals surface area (Å²) in [6, 6.07) is 3.87. The molecule has 12 heavy (non-hydrogen) atoms. The van der Waals surface area contributed by atoms with Crippen molar-refractivity contribution in [1.29, 1.82) is 0 Å². The van der Waals surface area contributed by atoms with Crippen molar-refractivity contribution < 1.29 is 0 Å². The molecule has 0 aromatic carbocycles. The van der Waals surface area contributed by atoms with Gasteiger partial charge in [0.2, 0.25) is 5.13 Å². The van der Waals surface area contributed by atoms with Crippen molar-refractivity contribution in [1.82, 2.24) is 9.66 Å². The molecular weight excluding hydrogens is 194 g/mol. The van der Waals surface area contributed by atoms with Crippen molar-refractivity contribution in [3.05, 3.63) is 35.1 Å². The van der Waals surface area contributed by atoms with Crippen molar-refractivity contribution in [2.75, 3.05) is 5.43 Å². The van der Waals surface area contributed by atoms with E-state index in [9.17, 15) is 0 Å². The Kier molecular flexibility index (Phi) is 2.01. The first kappa shape index (κ1) is 7.64. The van der Waals surface area contributed by atoms with Crippen molar-refractivity contribution >= 4 is 28.1 Å². The summed E-state index contributed by atoms with van der Waals surface area (Å²) in [6.07, 6.45) is 3.80. The van der Waals surface area contributed by atoms with Crippen LogP contribution in [0.3, 0.4) is 0 Å². The first-order valence-electron chi connectivity index (χ1n) is 3.35. The van der Waals surface area contributed by atoms with E-state index in [1.54, 1.807) is 5.38 Å². The van der Waals surface area contributed by atoms with E-state index in [1.807, 2.05) is 29.2 Å². The second-order valence-corrected chi connectivity index (χ2v) is 3.42. The molecule has 2 rings (SSSR count). The maximum absolute atomic E-state index is 5.65. The second kappa shape index (κ2) is 3.16. The number of halogens is 1. The lowest BCUT2D eigenvalue weighted by Crippen LogP contribution is -2.04. The van der Waals surface area contributed by atoms with Crippen molar-refractivity contribution in [2.45, 2.75) is 0 Å². The average molecular weight is 200 g/mol. The van der Waals surface area contributed by atoms with Crippen LogP contribution in [0.15, 0.2) is 29.9 Å². The zero-order chi connectivity index (χ0) is 8.39. The summed E-state index contributed by atoms with van der Waals surface area (Å²) in [5.74, 6) is 0. The molecular formula is C7H6ClN3S. The predicted octanol–water partition coefficient (Wildman–Crippen LogP) is 2.47. The van der Waals surface area contributed by atoms with Gasteiger partial charge in [0, 0.05) is 17.8 Å². The maximum Gasteiger partial charge on any atom is 0.203 e. The quantitative estimate of drug-likeness (QED) is 0.806. The minimum absolute atomic E-state index is 0.523. The van der Waals surface area contributed by atoms with E-state index < -0.39 is 0 Å². The largest absolute Gasteiger partial charge is 0.269 e. The number of hydrogen-bond acceptors (Lipinski definition) is 3. The highest BCUT2D eigenvalue weighted by Crippen LogP contribution is 2.18. The van der Waals surface area contributed by atoms with Crippen molar-refractivity contribution in [3.8, 4) is 0 Å². The van der Waals surface area contributed by atoms with Crippen LogP contribution in [0.1, 0.15) is 0 Å². The van der Waals surface area contributed by atoms with E-state index in [2.05, 4.69) is 10.4 Å². The summed E-state index contributed by atoms with van der Waals surface area (Å²) in [5, 5.41) is 3.10. The van der Waals surface area contributed by atoms with Crippen molar-refractivity contribution in [2.24, 2.45) is 0 Å². The van der Waals surface area contributed by atoms with E-state index >= 15 is 0 Å². The van der Waals surface area contributed by atoms with E-state index in [1.165, 1.54) is 11.3 Å². The first-order valence-corrected chi connectivity index (χ1v) is 4.61. The molecule has 0 aliphatic rings. The molecule has 0 unspecified atom stereocenters. The fraction of sp³-hybridized carbons (Fsp3) is 0. The molecule has 0 radical (unpaired) electrons. The minimum atomic E-state index is 0.523. The normalized spacial score (nSPS) is 10.1. The van der Waals surface area contributed by atoms with Gasteiger partial charge >= 0.3 is 0 Å². The zero-order valence-electron chi connectivity index (χ0n) is 6.07. The minimum Gasteiger partial charge on any atom is -0.269 e. The number of hydrogen-bond donors (Lipinski definition) is 1. The van der Waals surface area contributed by atoms with Crippen LogP contribution in [0.4, 0.5) is 5.13 Å². The lowest BCUT2D eigenvalue weighted by Gasteiger charge is -2.01. The van der Waals surface area contributed by atoms with Crippen LogP contribution < -0.4 is 5.43 Å². The van der Waals surface area contributed by atoms with Gasteiger partial charge in [-0.1, -0.05) is 11.6 Å². The van der Waals surface area contributed by atoms with Crippen molar-refractivity contribution in [3.63, 3.8) is 0 Å². The van der Waals surface area contributed by atoms with E-state index in [0.717, 1.165) is 5.13 Å². The van der Waals surface area contributed by atoms with Gasteiger partial charge in [-0.25, -0.2) is 4.98 Å². The molecule has 0 saturated heterocycles. The molecule has 2 heterocycles. The molecule has 0 aliphatic carbocycles. The van der Waals surface area contributed by atoms with Crippen LogP contribution in [0, 0.1) is 0 Å². The summed E-state index contributed by atoms with van der Waals surface area (Å²) < 4.78 is 1.81. The molecule has 0 atom stereocenters. The number of nitrogens with one attached hydrogen (secondary N) is 1. The van der Waals surface area contributed by atoms with E-state index in [-0.39, 0.29) is 0 Å². The van der Waals surface area contributed by atoms with Crippen LogP contribution >= 0.6 is 22.9 Å². The Morgan fingerprint density at radius 3 is 2.75 bits per heavy atom. The van der Waals surface area contributed by atoms with E-state index in [4.69, 9.17) is 11.6 Å². The Hall–Kier alpha value is -1.00. The molecule has 0 amide bonds. The van der Waals surface area contributed by atoms with Gasteiger partial charge < -0.3 is 0 Å². The maximum atomic E-state index is 5.65. The molecule has 0 saturated carbocycles. The third kappa shape index (κ3) is 1.60. The summed E-state index contributed by atoms with van der Waals surface area (Å²) in [4.78, 5) is 4.04. The van der Waals surface area contributed by atoms with Gasteiger partial charge in [-0.05, 0) is 12.1 Å².